The van der Waals surface area contributed by atoms with E-state index in [1.807, 2.05) is 18.2 Å². The number of benzene rings is 1. The number of carboxylic acids is 1. The third-order valence-electron chi connectivity index (χ3n) is 5.62. The van der Waals surface area contributed by atoms with Crippen LogP contribution in [-0.4, -0.2) is 12.6 Å². The van der Waals surface area contributed by atoms with Gasteiger partial charge in [-0.25, -0.2) is 0 Å². The highest BCUT2D eigenvalue weighted by Crippen LogP contribution is 2.23. The second-order valence-electron chi connectivity index (χ2n) is 8.49. The third kappa shape index (κ3) is 16.3. The molecule has 31 heavy (non-hydrogen) atoms. The van der Waals surface area contributed by atoms with Crippen LogP contribution in [0, 0.1) is 3.57 Å². The first-order chi connectivity index (χ1) is 15.1. The Morgan fingerprint density at radius 2 is 1.32 bits per heavy atom. The minimum atomic E-state index is -1.18. The maximum atomic E-state index is 10.5. The van der Waals surface area contributed by atoms with Crippen LogP contribution in [0.5, 0.6) is 5.75 Å². The summed E-state index contributed by atoms with van der Waals surface area (Å²) in [6.45, 7) is 3.02. The monoisotopic (exact) mass is 541 g/mol. The van der Waals surface area contributed by atoms with E-state index in [4.69, 9.17) is 4.74 Å². The largest absolute Gasteiger partial charge is 0.545 e. The second-order valence-corrected chi connectivity index (χ2v) is 9.66. The fraction of sp³-hybridized carbons (Fsp3) is 0.667. The highest BCUT2D eigenvalue weighted by Gasteiger charge is 2.02. The van der Waals surface area contributed by atoms with E-state index in [1.54, 1.807) is 0 Å². The lowest BCUT2D eigenvalue weighted by Crippen LogP contribution is -2.18. The van der Waals surface area contributed by atoms with Gasteiger partial charge >= 0.3 is 0 Å². The van der Waals surface area contributed by atoms with Crippen molar-refractivity contribution >= 4 is 34.6 Å². The van der Waals surface area contributed by atoms with Gasteiger partial charge < -0.3 is 14.6 Å². The number of hydrogen-bond donors (Lipinski definition) is 0. The molecule has 0 spiro atoms. The van der Waals surface area contributed by atoms with E-state index in [0.717, 1.165) is 34.0 Å². The van der Waals surface area contributed by atoms with Crippen molar-refractivity contribution in [1.29, 1.82) is 0 Å². The number of halogens is 1. The van der Waals surface area contributed by atoms with Crippen molar-refractivity contribution in [2.45, 2.75) is 110 Å². The van der Waals surface area contributed by atoms with Gasteiger partial charge in [0.05, 0.1) is 16.1 Å². The van der Waals surface area contributed by atoms with Crippen molar-refractivity contribution in [2.75, 3.05) is 6.61 Å². The predicted molar refractivity (Wildman–Crippen MR) is 138 cm³/mol. The van der Waals surface area contributed by atoms with E-state index in [-0.39, 0.29) is 0 Å². The molecule has 0 N–H and O–H groups in total. The summed E-state index contributed by atoms with van der Waals surface area (Å²) in [5, 5.41) is 10.5. The summed E-state index contributed by atoms with van der Waals surface area (Å²) in [4.78, 5) is 10.5. The molecule has 0 aliphatic carbocycles. The molecule has 0 aliphatic heterocycles. The van der Waals surface area contributed by atoms with Crippen molar-refractivity contribution in [3.05, 3.63) is 33.4 Å². The number of carbonyl (C=O) groups excluding carboxylic acids is 1. The Kier molecular flexibility index (Phi) is 17.7. The molecule has 0 fully saturated rings. The van der Waals surface area contributed by atoms with E-state index in [0.29, 0.717) is 0 Å². The number of aliphatic carboxylic acids is 1. The van der Waals surface area contributed by atoms with E-state index in [9.17, 15) is 9.90 Å². The van der Waals surface area contributed by atoms with Crippen LogP contribution in [0.1, 0.15) is 115 Å². The Balaban J connectivity index is 1.91. The van der Waals surface area contributed by atoms with Gasteiger partial charge in [0.25, 0.3) is 0 Å². The molecule has 0 radical (unpaired) electrons. The first-order valence-electron chi connectivity index (χ1n) is 12.4. The SMILES string of the molecule is CCCCCCCCCCCCCCCCCCOc1ccc(/C=C/C(=O)[O-])cc1I. The first kappa shape index (κ1) is 28.0. The summed E-state index contributed by atoms with van der Waals surface area (Å²) in [5.41, 5.74) is 0.836. The molecule has 176 valence electrons. The highest BCUT2D eigenvalue weighted by molar-refractivity contribution is 14.1. The molecule has 0 aromatic heterocycles. The van der Waals surface area contributed by atoms with E-state index in [2.05, 4.69) is 29.5 Å². The van der Waals surface area contributed by atoms with Crippen molar-refractivity contribution in [3.8, 4) is 5.75 Å². The van der Waals surface area contributed by atoms with Gasteiger partial charge in [0.2, 0.25) is 0 Å². The maximum Gasteiger partial charge on any atom is 0.132 e. The molecule has 0 heterocycles. The third-order valence-corrected chi connectivity index (χ3v) is 6.47. The molecule has 3 nitrogen and oxygen atoms in total. The number of unbranched alkanes of at least 4 members (excludes halogenated alkanes) is 15. The van der Waals surface area contributed by atoms with Gasteiger partial charge in [0.1, 0.15) is 5.75 Å². The van der Waals surface area contributed by atoms with Crippen LogP contribution in [0.25, 0.3) is 6.08 Å². The first-order valence-corrected chi connectivity index (χ1v) is 13.5. The average Bonchev–Trinajstić information content (AvgIpc) is 2.75. The minimum Gasteiger partial charge on any atom is -0.545 e. The lowest BCUT2D eigenvalue weighted by Gasteiger charge is -2.09. The average molecular weight is 542 g/mol. The van der Waals surface area contributed by atoms with Gasteiger partial charge in [-0.1, -0.05) is 115 Å². The van der Waals surface area contributed by atoms with Gasteiger partial charge in [-0.15, -0.1) is 0 Å². The Bertz CT molecular complexity index is 612. The van der Waals surface area contributed by atoms with Gasteiger partial charge in [-0.05, 0) is 52.8 Å². The predicted octanol–water partition coefficient (Wildman–Crippen LogP) is 7.69. The maximum absolute atomic E-state index is 10.5. The van der Waals surface area contributed by atoms with Crippen LogP contribution in [0.3, 0.4) is 0 Å². The topological polar surface area (TPSA) is 49.4 Å². The summed E-state index contributed by atoms with van der Waals surface area (Å²) < 4.78 is 6.87. The fourth-order valence-corrected chi connectivity index (χ4v) is 4.43. The summed E-state index contributed by atoms with van der Waals surface area (Å²) >= 11 is 2.22. The van der Waals surface area contributed by atoms with Crippen molar-refractivity contribution in [3.63, 3.8) is 0 Å². The highest BCUT2D eigenvalue weighted by atomic mass is 127. The molecule has 0 aliphatic rings. The normalized spacial score (nSPS) is 11.3. The van der Waals surface area contributed by atoms with Crippen LogP contribution in [0.4, 0.5) is 0 Å². The van der Waals surface area contributed by atoms with E-state index in [1.165, 1.54) is 102 Å². The Morgan fingerprint density at radius 3 is 1.77 bits per heavy atom. The van der Waals surface area contributed by atoms with E-state index < -0.39 is 5.97 Å². The molecule has 0 unspecified atom stereocenters. The van der Waals surface area contributed by atoms with E-state index >= 15 is 0 Å². The standard InChI is InChI=1S/C27H43IO3/c1-2-3-4-5-6-7-8-9-10-11-12-13-14-15-16-17-22-31-26-20-18-24(23-25(26)28)19-21-27(29)30/h18-21,23H,2-17,22H2,1H3,(H,29,30)/p-1/b21-19+. The molecule has 0 atom stereocenters. The number of ether oxygens (including phenoxy) is 1. The number of hydrogen-bond acceptors (Lipinski definition) is 3. The molecule has 0 saturated carbocycles. The quantitative estimate of drug-likeness (QED) is 0.0966. The van der Waals surface area contributed by atoms with Gasteiger partial charge in [-0.3, -0.25) is 0 Å². The summed E-state index contributed by atoms with van der Waals surface area (Å²) in [5.74, 6) is -0.314. The van der Waals surface area contributed by atoms with Gasteiger partial charge in [0, 0.05) is 0 Å². The van der Waals surface area contributed by atoms with Gasteiger partial charge in [-0.2, -0.15) is 0 Å². The summed E-state index contributed by atoms with van der Waals surface area (Å²) in [6, 6.07) is 5.69. The zero-order valence-corrected chi connectivity index (χ0v) is 21.7. The second kappa shape index (κ2) is 19.6. The Morgan fingerprint density at radius 1 is 0.839 bits per heavy atom. The molecular weight excluding hydrogens is 499 g/mol. The number of carboxylic acid groups (broad SMARTS) is 1. The van der Waals surface area contributed by atoms with Crippen LogP contribution >= 0.6 is 22.6 Å². The Hall–Kier alpha value is -1.04. The van der Waals surface area contributed by atoms with Crippen LogP contribution in [-0.2, 0) is 4.79 Å². The zero-order chi connectivity index (χ0) is 22.6. The number of carbonyl (C=O) groups is 1. The van der Waals surface area contributed by atoms with Crippen LogP contribution in [0.15, 0.2) is 24.3 Å². The molecule has 4 heteroatoms. The molecule has 1 aromatic rings. The van der Waals surface area contributed by atoms with Crippen LogP contribution < -0.4 is 9.84 Å². The van der Waals surface area contributed by atoms with Crippen molar-refractivity contribution < 1.29 is 14.6 Å². The lowest BCUT2D eigenvalue weighted by atomic mass is 10.0. The lowest BCUT2D eigenvalue weighted by molar-refractivity contribution is -0.297. The molecule has 0 saturated heterocycles. The zero-order valence-electron chi connectivity index (χ0n) is 19.5. The van der Waals surface area contributed by atoms with Gasteiger partial charge in [0.15, 0.2) is 0 Å². The molecule has 1 aromatic carbocycles. The van der Waals surface area contributed by atoms with Crippen molar-refractivity contribution in [2.24, 2.45) is 0 Å². The van der Waals surface area contributed by atoms with Crippen molar-refractivity contribution in [1.82, 2.24) is 0 Å². The molecular formula is C27H42IO3-. The molecule has 0 amide bonds. The minimum absolute atomic E-state index is 0.739. The summed E-state index contributed by atoms with van der Waals surface area (Å²) in [7, 11) is 0. The Labute approximate surface area is 204 Å². The summed E-state index contributed by atoms with van der Waals surface area (Å²) in [6.07, 6.45) is 24.5. The number of rotatable bonds is 20. The molecule has 0 bridgehead atoms. The van der Waals surface area contributed by atoms with Crippen LogP contribution in [0.2, 0.25) is 0 Å². The smallest absolute Gasteiger partial charge is 0.132 e. The fourth-order valence-electron chi connectivity index (χ4n) is 3.73. The molecule has 1 rings (SSSR count).